The Morgan fingerprint density at radius 1 is 0.857 bits per heavy atom. The molecule has 3 amide bonds. The number of hydrogen-bond donors (Lipinski definition) is 9. The number of nitrogens with zero attached hydrogens (tertiary/aromatic N) is 1. The Morgan fingerprint density at radius 3 is 1.89 bits per heavy atom. The summed E-state index contributed by atoms with van der Waals surface area (Å²) < 4.78 is 0. The molecule has 0 fully saturated rings. The molecule has 12 N–H and O–H groups in total. The first-order chi connectivity index (χ1) is 16.3. The van der Waals surface area contributed by atoms with Crippen LogP contribution < -0.4 is 33.2 Å². The van der Waals surface area contributed by atoms with Gasteiger partial charge in [0.2, 0.25) is 17.7 Å². The van der Waals surface area contributed by atoms with E-state index in [1.807, 2.05) is 0 Å². The van der Waals surface area contributed by atoms with Gasteiger partial charge in [-0.05, 0) is 31.6 Å². The van der Waals surface area contributed by atoms with Crippen molar-refractivity contribution in [3.63, 3.8) is 0 Å². The molecule has 0 bridgehead atoms. The number of aliphatic hydroxyl groups excluding tert-OH is 1. The molecule has 0 aromatic heterocycles. The molecular formula is C20H37N7O8. The van der Waals surface area contributed by atoms with Gasteiger partial charge < -0.3 is 48.5 Å². The molecule has 0 aliphatic carbocycles. The van der Waals surface area contributed by atoms with Gasteiger partial charge in [0.15, 0.2) is 5.96 Å². The number of carboxylic acid groups (broad SMARTS) is 2. The van der Waals surface area contributed by atoms with E-state index >= 15 is 0 Å². The SMILES string of the molecule is CC(C)CC(NC(=O)C(N)CCC(=O)O)C(=O)NC(CO)C(=O)NC(CCCN=C(N)N)C(=O)O. The second-order valence-corrected chi connectivity index (χ2v) is 8.32. The summed E-state index contributed by atoms with van der Waals surface area (Å²) in [6.07, 6.45) is -0.0800. The Labute approximate surface area is 202 Å². The molecule has 4 atom stereocenters. The maximum atomic E-state index is 12.8. The number of hydrogen-bond acceptors (Lipinski definition) is 8. The Hall–Kier alpha value is -3.46. The van der Waals surface area contributed by atoms with Crippen molar-refractivity contribution in [1.82, 2.24) is 16.0 Å². The third-order valence-corrected chi connectivity index (χ3v) is 4.72. The van der Waals surface area contributed by atoms with Crippen LogP contribution >= 0.6 is 0 Å². The van der Waals surface area contributed by atoms with E-state index in [1.54, 1.807) is 13.8 Å². The molecule has 0 radical (unpaired) electrons. The molecule has 0 spiro atoms. The number of nitrogens with one attached hydrogen (secondary N) is 3. The number of carbonyl (C=O) groups is 5. The second-order valence-electron chi connectivity index (χ2n) is 8.32. The maximum Gasteiger partial charge on any atom is 0.326 e. The van der Waals surface area contributed by atoms with Crippen molar-refractivity contribution >= 4 is 35.6 Å². The van der Waals surface area contributed by atoms with E-state index in [1.165, 1.54) is 0 Å². The molecule has 0 aliphatic heterocycles. The molecule has 0 aliphatic rings. The highest BCUT2D eigenvalue weighted by Crippen LogP contribution is 2.07. The van der Waals surface area contributed by atoms with Crippen LogP contribution in [0.25, 0.3) is 0 Å². The number of amides is 3. The van der Waals surface area contributed by atoms with Crippen LogP contribution in [0, 0.1) is 5.92 Å². The van der Waals surface area contributed by atoms with Gasteiger partial charge in [-0.15, -0.1) is 0 Å². The van der Waals surface area contributed by atoms with Gasteiger partial charge in [-0.2, -0.15) is 0 Å². The summed E-state index contributed by atoms with van der Waals surface area (Å²) in [6.45, 7) is 2.88. The van der Waals surface area contributed by atoms with E-state index in [9.17, 15) is 34.2 Å². The van der Waals surface area contributed by atoms with Crippen molar-refractivity contribution in [2.45, 2.75) is 70.1 Å². The lowest BCUT2D eigenvalue weighted by Gasteiger charge is -2.25. The Balaban J connectivity index is 5.19. The molecule has 4 unspecified atom stereocenters. The fraction of sp³-hybridized carbons (Fsp3) is 0.700. The summed E-state index contributed by atoms with van der Waals surface area (Å²) >= 11 is 0. The highest BCUT2D eigenvalue weighted by atomic mass is 16.4. The van der Waals surface area contributed by atoms with Crippen molar-refractivity contribution < 1.29 is 39.3 Å². The Kier molecular flexibility index (Phi) is 14.6. The van der Waals surface area contributed by atoms with E-state index in [0.717, 1.165) is 0 Å². The number of aliphatic hydroxyl groups is 1. The van der Waals surface area contributed by atoms with Crippen LogP contribution in [0.1, 0.15) is 46.0 Å². The molecule has 0 rings (SSSR count). The van der Waals surface area contributed by atoms with E-state index in [0.29, 0.717) is 0 Å². The molecule has 0 saturated heterocycles. The minimum absolute atomic E-state index is 0.00971. The predicted molar refractivity (Wildman–Crippen MR) is 125 cm³/mol. The van der Waals surface area contributed by atoms with Crippen molar-refractivity contribution in [1.29, 1.82) is 0 Å². The van der Waals surface area contributed by atoms with Crippen molar-refractivity contribution in [2.24, 2.45) is 28.1 Å². The Bertz CT molecular complexity index is 771. The molecule has 15 nitrogen and oxygen atoms in total. The molecule has 0 heterocycles. The first kappa shape index (κ1) is 31.5. The molecule has 35 heavy (non-hydrogen) atoms. The number of carboxylic acids is 2. The minimum Gasteiger partial charge on any atom is -0.481 e. The fourth-order valence-electron chi connectivity index (χ4n) is 2.89. The normalized spacial score (nSPS) is 14.2. The fourth-order valence-corrected chi connectivity index (χ4v) is 2.89. The highest BCUT2D eigenvalue weighted by molar-refractivity contribution is 5.94. The van der Waals surface area contributed by atoms with E-state index in [-0.39, 0.29) is 50.5 Å². The van der Waals surface area contributed by atoms with Gasteiger partial charge >= 0.3 is 11.9 Å². The summed E-state index contributed by atoms with van der Waals surface area (Å²) in [5.41, 5.74) is 16.1. The van der Waals surface area contributed by atoms with E-state index in [2.05, 4.69) is 20.9 Å². The smallest absolute Gasteiger partial charge is 0.326 e. The standard InChI is InChI=1S/C20H37N7O8/c1-10(2)8-13(26-16(31)11(21)5-6-15(29)30)17(32)27-14(9-28)18(33)25-12(19(34)35)4-3-7-24-20(22)23/h10-14,28H,3-9,21H2,1-2H3,(H,25,33)(H,26,31)(H,27,32)(H,29,30)(H,34,35)(H4,22,23,24). The molecule has 200 valence electrons. The monoisotopic (exact) mass is 503 g/mol. The zero-order valence-corrected chi connectivity index (χ0v) is 19.9. The highest BCUT2D eigenvalue weighted by Gasteiger charge is 2.30. The third kappa shape index (κ3) is 13.7. The number of nitrogens with two attached hydrogens (primary N) is 3. The molecule has 0 aromatic carbocycles. The van der Waals surface area contributed by atoms with Crippen LogP contribution in [0.3, 0.4) is 0 Å². The van der Waals surface area contributed by atoms with Gasteiger partial charge in [-0.25, -0.2) is 4.79 Å². The Morgan fingerprint density at radius 2 is 1.40 bits per heavy atom. The van der Waals surface area contributed by atoms with Crippen LogP contribution in [-0.4, -0.2) is 88.3 Å². The van der Waals surface area contributed by atoms with Gasteiger partial charge in [0.25, 0.3) is 0 Å². The molecule has 0 saturated carbocycles. The van der Waals surface area contributed by atoms with Gasteiger partial charge in [-0.3, -0.25) is 24.2 Å². The van der Waals surface area contributed by atoms with Crippen LogP contribution in [0.15, 0.2) is 4.99 Å². The van der Waals surface area contributed by atoms with Crippen molar-refractivity contribution in [2.75, 3.05) is 13.2 Å². The lowest BCUT2D eigenvalue weighted by atomic mass is 10.0. The quantitative estimate of drug-likeness (QED) is 0.0541. The first-order valence-electron chi connectivity index (χ1n) is 11.1. The van der Waals surface area contributed by atoms with Gasteiger partial charge in [0.1, 0.15) is 18.1 Å². The summed E-state index contributed by atoms with van der Waals surface area (Å²) in [7, 11) is 0. The van der Waals surface area contributed by atoms with Crippen LogP contribution in [0.2, 0.25) is 0 Å². The zero-order valence-electron chi connectivity index (χ0n) is 19.9. The summed E-state index contributed by atoms with van der Waals surface area (Å²) in [6, 6.07) is -5.11. The number of carbonyl (C=O) groups excluding carboxylic acids is 3. The van der Waals surface area contributed by atoms with Crippen LogP contribution in [0.5, 0.6) is 0 Å². The zero-order chi connectivity index (χ0) is 27.1. The van der Waals surface area contributed by atoms with Crippen LogP contribution in [-0.2, 0) is 24.0 Å². The third-order valence-electron chi connectivity index (χ3n) is 4.72. The number of aliphatic imine (C=N–C) groups is 1. The van der Waals surface area contributed by atoms with E-state index < -0.39 is 60.4 Å². The topological polar surface area (TPSA) is 273 Å². The molecular weight excluding hydrogens is 466 g/mol. The lowest BCUT2D eigenvalue weighted by molar-refractivity contribution is -0.143. The van der Waals surface area contributed by atoms with E-state index in [4.69, 9.17) is 22.3 Å². The summed E-state index contributed by atoms with van der Waals surface area (Å²) in [5.74, 6) is -5.17. The molecule has 15 heteroatoms. The van der Waals surface area contributed by atoms with Gasteiger partial charge in [0, 0.05) is 13.0 Å². The lowest BCUT2D eigenvalue weighted by Crippen LogP contribution is -2.58. The summed E-state index contributed by atoms with van der Waals surface area (Å²) in [4.78, 5) is 63.4. The molecule has 0 aromatic rings. The number of guanidine groups is 1. The number of aliphatic carboxylic acids is 2. The maximum absolute atomic E-state index is 12.8. The summed E-state index contributed by atoms with van der Waals surface area (Å²) in [5, 5.41) is 34.6. The number of rotatable bonds is 17. The average molecular weight is 504 g/mol. The minimum atomic E-state index is -1.49. The largest absolute Gasteiger partial charge is 0.481 e. The predicted octanol–water partition coefficient (Wildman–Crippen LogP) is -3.19. The van der Waals surface area contributed by atoms with Crippen LogP contribution in [0.4, 0.5) is 0 Å². The van der Waals surface area contributed by atoms with Gasteiger partial charge in [0.05, 0.1) is 12.6 Å². The average Bonchev–Trinajstić information content (AvgIpc) is 2.76. The van der Waals surface area contributed by atoms with Crippen molar-refractivity contribution in [3.8, 4) is 0 Å². The van der Waals surface area contributed by atoms with Gasteiger partial charge in [-0.1, -0.05) is 13.8 Å². The van der Waals surface area contributed by atoms with Crippen molar-refractivity contribution in [3.05, 3.63) is 0 Å². The second kappa shape index (κ2) is 16.2. The first-order valence-corrected chi connectivity index (χ1v) is 11.1.